The van der Waals surface area contributed by atoms with E-state index in [1.165, 1.54) is 19.5 Å². The average Bonchev–Trinajstić information content (AvgIpc) is 2.30. The van der Waals surface area contributed by atoms with Gasteiger partial charge in [-0.3, -0.25) is 0 Å². The van der Waals surface area contributed by atoms with Crippen molar-refractivity contribution in [3.63, 3.8) is 0 Å². The highest BCUT2D eigenvalue weighted by Crippen LogP contribution is 2.17. The zero-order chi connectivity index (χ0) is 9.19. The maximum absolute atomic E-state index is 5.73. The van der Waals surface area contributed by atoms with Gasteiger partial charge in [0, 0.05) is 6.54 Å². The molecule has 0 aliphatic carbocycles. The second-order valence-corrected chi connectivity index (χ2v) is 4.84. The normalized spacial score (nSPS) is 26.5. The number of ether oxygens (including phenoxy) is 1. The highest BCUT2D eigenvalue weighted by molar-refractivity contribution is 4.73. The Morgan fingerprint density at radius 2 is 2.08 bits per heavy atom. The topological polar surface area (TPSA) is 12.5 Å². The Hall–Kier alpha value is -0.0800. The van der Waals surface area contributed by atoms with Crippen LogP contribution in [0.25, 0.3) is 0 Å². The van der Waals surface area contributed by atoms with Crippen LogP contribution in [0.2, 0.25) is 0 Å². The summed E-state index contributed by atoms with van der Waals surface area (Å²) in [5, 5.41) is 0. The van der Waals surface area contributed by atoms with Gasteiger partial charge in [0.25, 0.3) is 0 Å². The van der Waals surface area contributed by atoms with E-state index in [9.17, 15) is 0 Å². The van der Waals surface area contributed by atoms with Crippen LogP contribution in [-0.2, 0) is 4.74 Å². The third kappa shape index (κ3) is 3.55. The molecular weight excluding hydrogens is 150 g/mol. The molecule has 1 fully saturated rings. The summed E-state index contributed by atoms with van der Waals surface area (Å²) >= 11 is 0. The van der Waals surface area contributed by atoms with Crippen LogP contribution < -0.4 is 0 Å². The van der Waals surface area contributed by atoms with Crippen LogP contribution in [0.4, 0.5) is 0 Å². The van der Waals surface area contributed by atoms with E-state index in [0.29, 0.717) is 0 Å². The van der Waals surface area contributed by atoms with Crippen LogP contribution in [0, 0.1) is 5.92 Å². The molecule has 2 nitrogen and oxygen atoms in total. The van der Waals surface area contributed by atoms with E-state index >= 15 is 0 Å². The van der Waals surface area contributed by atoms with Gasteiger partial charge in [-0.2, -0.15) is 0 Å². The predicted octanol–water partition coefficient (Wildman–Crippen LogP) is 1.75. The molecule has 2 heteroatoms. The zero-order valence-electron chi connectivity index (χ0n) is 8.76. The van der Waals surface area contributed by atoms with Crippen molar-refractivity contribution in [1.82, 2.24) is 4.90 Å². The molecule has 0 N–H and O–H groups in total. The number of likely N-dealkylation sites (tertiary alicyclic amines) is 1. The molecule has 1 atom stereocenters. The third-order valence-electron chi connectivity index (χ3n) is 2.24. The predicted molar refractivity (Wildman–Crippen MR) is 51.3 cm³/mol. The minimum atomic E-state index is 0.0289. The summed E-state index contributed by atoms with van der Waals surface area (Å²) in [5.41, 5.74) is 0.0289. The Balaban J connectivity index is 2.16. The van der Waals surface area contributed by atoms with Crippen molar-refractivity contribution >= 4 is 0 Å². The molecule has 1 rings (SSSR count). The molecule has 0 radical (unpaired) electrons. The quantitative estimate of drug-likeness (QED) is 0.627. The van der Waals surface area contributed by atoms with Crippen LogP contribution in [-0.4, -0.2) is 37.2 Å². The molecule has 0 spiro atoms. The SMILES string of the molecule is CN1CCC(COC(C)(C)C)C1. The van der Waals surface area contributed by atoms with E-state index in [2.05, 4.69) is 32.7 Å². The average molecular weight is 171 g/mol. The lowest BCUT2D eigenvalue weighted by molar-refractivity contribution is -0.0202. The van der Waals surface area contributed by atoms with E-state index in [4.69, 9.17) is 4.74 Å². The van der Waals surface area contributed by atoms with Crippen LogP contribution in [0.5, 0.6) is 0 Å². The standard InChI is InChI=1S/C10H21NO/c1-10(2,3)12-8-9-5-6-11(4)7-9/h9H,5-8H2,1-4H3. The molecule has 12 heavy (non-hydrogen) atoms. The molecule has 1 heterocycles. The third-order valence-corrected chi connectivity index (χ3v) is 2.24. The summed E-state index contributed by atoms with van der Waals surface area (Å²) in [6.45, 7) is 9.71. The van der Waals surface area contributed by atoms with Crippen molar-refractivity contribution < 1.29 is 4.74 Å². The molecule has 0 saturated carbocycles. The molecule has 0 aromatic heterocycles. The number of hydrogen-bond acceptors (Lipinski definition) is 2. The molecular formula is C10H21NO. The maximum atomic E-state index is 5.73. The lowest BCUT2D eigenvalue weighted by atomic mass is 10.1. The van der Waals surface area contributed by atoms with E-state index in [1.807, 2.05) is 0 Å². The van der Waals surface area contributed by atoms with Gasteiger partial charge in [-0.25, -0.2) is 0 Å². The summed E-state index contributed by atoms with van der Waals surface area (Å²) in [4.78, 5) is 2.37. The van der Waals surface area contributed by atoms with Crippen LogP contribution in [0.1, 0.15) is 27.2 Å². The van der Waals surface area contributed by atoms with Gasteiger partial charge in [0.2, 0.25) is 0 Å². The maximum Gasteiger partial charge on any atom is 0.0598 e. The van der Waals surface area contributed by atoms with Crippen molar-refractivity contribution in [2.45, 2.75) is 32.8 Å². The highest BCUT2D eigenvalue weighted by Gasteiger charge is 2.21. The van der Waals surface area contributed by atoms with Crippen molar-refractivity contribution in [2.24, 2.45) is 5.92 Å². The summed E-state index contributed by atoms with van der Waals surface area (Å²) in [7, 11) is 2.18. The Morgan fingerprint density at radius 3 is 2.50 bits per heavy atom. The van der Waals surface area contributed by atoms with Crippen LogP contribution >= 0.6 is 0 Å². The molecule has 1 aliphatic heterocycles. The van der Waals surface area contributed by atoms with Gasteiger partial charge in [0.15, 0.2) is 0 Å². The lowest BCUT2D eigenvalue weighted by Gasteiger charge is -2.22. The minimum Gasteiger partial charge on any atom is -0.376 e. The molecule has 72 valence electrons. The molecule has 1 saturated heterocycles. The van der Waals surface area contributed by atoms with Gasteiger partial charge in [-0.05, 0) is 46.7 Å². The second kappa shape index (κ2) is 3.75. The summed E-state index contributed by atoms with van der Waals surface area (Å²) < 4.78 is 5.73. The Morgan fingerprint density at radius 1 is 1.42 bits per heavy atom. The summed E-state index contributed by atoms with van der Waals surface area (Å²) in [6.07, 6.45) is 1.30. The second-order valence-electron chi connectivity index (χ2n) is 4.84. The summed E-state index contributed by atoms with van der Waals surface area (Å²) in [6, 6.07) is 0. The van der Waals surface area contributed by atoms with Gasteiger partial charge < -0.3 is 9.64 Å². The number of nitrogens with zero attached hydrogens (tertiary/aromatic N) is 1. The van der Waals surface area contributed by atoms with Crippen molar-refractivity contribution in [3.8, 4) is 0 Å². The lowest BCUT2D eigenvalue weighted by Crippen LogP contribution is -2.24. The fourth-order valence-electron chi connectivity index (χ4n) is 1.53. The number of rotatable bonds is 2. The van der Waals surface area contributed by atoms with E-state index < -0.39 is 0 Å². The highest BCUT2D eigenvalue weighted by atomic mass is 16.5. The Kier molecular flexibility index (Phi) is 3.13. The number of hydrogen-bond donors (Lipinski definition) is 0. The largest absolute Gasteiger partial charge is 0.376 e. The van der Waals surface area contributed by atoms with Crippen molar-refractivity contribution in [2.75, 3.05) is 26.7 Å². The molecule has 0 aromatic rings. The van der Waals surface area contributed by atoms with Gasteiger partial charge in [-0.15, -0.1) is 0 Å². The molecule has 1 unspecified atom stereocenters. The molecule has 0 bridgehead atoms. The van der Waals surface area contributed by atoms with Gasteiger partial charge in [0.05, 0.1) is 12.2 Å². The Bertz CT molecular complexity index is 139. The fraction of sp³-hybridized carbons (Fsp3) is 1.00. The van der Waals surface area contributed by atoms with E-state index in [0.717, 1.165) is 12.5 Å². The first-order valence-corrected chi connectivity index (χ1v) is 4.80. The minimum absolute atomic E-state index is 0.0289. The van der Waals surface area contributed by atoms with Crippen molar-refractivity contribution in [3.05, 3.63) is 0 Å². The summed E-state index contributed by atoms with van der Waals surface area (Å²) in [5.74, 6) is 0.759. The van der Waals surface area contributed by atoms with E-state index in [-0.39, 0.29) is 5.60 Å². The van der Waals surface area contributed by atoms with E-state index in [1.54, 1.807) is 0 Å². The Labute approximate surface area is 75.9 Å². The molecule has 0 amide bonds. The monoisotopic (exact) mass is 171 g/mol. The zero-order valence-corrected chi connectivity index (χ0v) is 8.76. The first-order chi connectivity index (χ1) is 5.47. The van der Waals surface area contributed by atoms with Crippen LogP contribution in [0.15, 0.2) is 0 Å². The van der Waals surface area contributed by atoms with Gasteiger partial charge in [0.1, 0.15) is 0 Å². The molecule has 1 aliphatic rings. The van der Waals surface area contributed by atoms with Gasteiger partial charge in [-0.1, -0.05) is 0 Å². The fourth-order valence-corrected chi connectivity index (χ4v) is 1.53. The first kappa shape index (κ1) is 10.0. The smallest absolute Gasteiger partial charge is 0.0598 e. The molecule has 0 aromatic carbocycles. The van der Waals surface area contributed by atoms with Crippen LogP contribution in [0.3, 0.4) is 0 Å². The van der Waals surface area contributed by atoms with Crippen molar-refractivity contribution in [1.29, 1.82) is 0 Å². The first-order valence-electron chi connectivity index (χ1n) is 4.80. The van der Waals surface area contributed by atoms with Gasteiger partial charge >= 0.3 is 0 Å².